The fourth-order valence-electron chi connectivity index (χ4n) is 5.58. The van der Waals surface area contributed by atoms with Gasteiger partial charge in [0.25, 0.3) is 8.32 Å². The monoisotopic (exact) mass is 575 g/mol. The van der Waals surface area contributed by atoms with Gasteiger partial charge in [-0.1, -0.05) is 112 Å². The molecule has 3 aromatic carbocycles. The van der Waals surface area contributed by atoms with Crippen LogP contribution in [0.5, 0.6) is 0 Å². The number of thioether (sulfide) groups is 1. The molecule has 1 heterocycles. The van der Waals surface area contributed by atoms with Gasteiger partial charge in [-0.2, -0.15) is 0 Å². The van der Waals surface area contributed by atoms with Crippen molar-refractivity contribution in [2.24, 2.45) is 11.0 Å². The fraction of sp³-hybridized carbons (Fsp3) is 0.387. The smallest absolute Gasteiger partial charge is 0.338 e. The first-order chi connectivity index (χ1) is 19.2. The third kappa shape index (κ3) is 6.14. The SMILES string of the molecule is CS[C@@H]1OC(CO[Si](c2ccccc2)(c2ccccc2)C(C)(C)C)[C@H](OC(=O)c2ccccc2)[C@H](C)C1N=[N+]=[N-]. The lowest BCUT2D eigenvalue weighted by atomic mass is 9.90. The van der Waals surface area contributed by atoms with Crippen LogP contribution in [-0.4, -0.2) is 50.8 Å². The zero-order valence-corrected chi connectivity index (χ0v) is 25.5. The topological polar surface area (TPSA) is 93.5 Å². The van der Waals surface area contributed by atoms with Gasteiger partial charge in [0, 0.05) is 10.8 Å². The predicted molar refractivity (Wildman–Crippen MR) is 163 cm³/mol. The Balaban J connectivity index is 1.74. The lowest BCUT2D eigenvalue weighted by Gasteiger charge is -2.47. The average molecular weight is 576 g/mol. The summed E-state index contributed by atoms with van der Waals surface area (Å²) in [4.78, 5) is 16.3. The second-order valence-corrected chi connectivity index (χ2v) is 16.3. The number of hydrogen-bond acceptors (Lipinski definition) is 6. The highest BCUT2D eigenvalue weighted by atomic mass is 32.2. The highest BCUT2D eigenvalue weighted by Crippen LogP contribution is 2.39. The Morgan fingerprint density at radius 1 is 0.975 bits per heavy atom. The highest BCUT2D eigenvalue weighted by molar-refractivity contribution is 7.99. The molecule has 4 rings (SSSR count). The van der Waals surface area contributed by atoms with Crippen molar-refractivity contribution in [3.8, 4) is 0 Å². The average Bonchev–Trinajstić information content (AvgIpc) is 2.97. The van der Waals surface area contributed by atoms with Crippen LogP contribution in [0.2, 0.25) is 5.04 Å². The lowest BCUT2D eigenvalue weighted by Crippen LogP contribution is -2.68. The number of carbonyl (C=O) groups excluding carboxylic acids is 1. The summed E-state index contributed by atoms with van der Waals surface area (Å²) in [5.41, 5.74) is 9.33. The van der Waals surface area contributed by atoms with E-state index in [0.717, 1.165) is 10.4 Å². The molecule has 1 saturated heterocycles. The van der Waals surface area contributed by atoms with Crippen molar-refractivity contribution in [1.82, 2.24) is 0 Å². The molecular weight excluding hydrogens is 539 g/mol. The van der Waals surface area contributed by atoms with Gasteiger partial charge in [0.15, 0.2) is 0 Å². The standard InChI is InChI=1S/C31H37N3O4SSi/c1-22-27(33-34-32)30(39-5)37-26(28(22)38-29(35)23-15-9-6-10-16-23)21-36-40(31(2,3)4,24-17-11-7-12-18-24)25-19-13-8-14-20-25/h6-20,22,26-28,30H,21H2,1-5H3/t22-,26?,27?,28-,30+/m1/s1. The van der Waals surface area contributed by atoms with E-state index in [1.54, 1.807) is 24.3 Å². The van der Waals surface area contributed by atoms with E-state index >= 15 is 0 Å². The molecule has 0 spiro atoms. The van der Waals surface area contributed by atoms with Crippen LogP contribution in [0.25, 0.3) is 10.4 Å². The molecule has 5 atom stereocenters. The van der Waals surface area contributed by atoms with E-state index in [2.05, 4.69) is 55.1 Å². The molecule has 1 aliphatic heterocycles. The minimum absolute atomic E-state index is 0.213. The predicted octanol–water partition coefficient (Wildman–Crippen LogP) is 6.19. The third-order valence-electron chi connectivity index (χ3n) is 7.56. The Morgan fingerprint density at radius 2 is 1.50 bits per heavy atom. The molecule has 0 aliphatic carbocycles. The maximum Gasteiger partial charge on any atom is 0.338 e. The molecule has 0 bridgehead atoms. The van der Waals surface area contributed by atoms with Crippen LogP contribution < -0.4 is 10.4 Å². The van der Waals surface area contributed by atoms with Gasteiger partial charge in [-0.15, -0.1) is 11.8 Å². The molecule has 1 aliphatic rings. The van der Waals surface area contributed by atoms with Crippen LogP contribution in [-0.2, 0) is 13.9 Å². The van der Waals surface area contributed by atoms with Crippen molar-refractivity contribution in [3.05, 3.63) is 107 Å². The van der Waals surface area contributed by atoms with Gasteiger partial charge in [0.1, 0.15) is 17.6 Å². The van der Waals surface area contributed by atoms with E-state index in [4.69, 9.17) is 13.9 Å². The molecule has 7 nitrogen and oxygen atoms in total. The first-order valence-electron chi connectivity index (χ1n) is 13.5. The van der Waals surface area contributed by atoms with Gasteiger partial charge in [-0.05, 0) is 39.3 Å². The van der Waals surface area contributed by atoms with Crippen molar-refractivity contribution in [1.29, 1.82) is 0 Å². The Morgan fingerprint density at radius 3 is 1.98 bits per heavy atom. The van der Waals surface area contributed by atoms with Crippen molar-refractivity contribution in [2.75, 3.05) is 12.9 Å². The first-order valence-corrected chi connectivity index (χ1v) is 16.7. The Hall–Kier alpha value is -3.07. The normalized spacial score (nSPS) is 23.2. The number of ether oxygens (including phenoxy) is 2. The van der Waals surface area contributed by atoms with Gasteiger partial charge >= 0.3 is 5.97 Å². The number of carbonyl (C=O) groups is 1. The van der Waals surface area contributed by atoms with Gasteiger partial charge in [-0.3, -0.25) is 0 Å². The summed E-state index contributed by atoms with van der Waals surface area (Å²) in [6, 6.07) is 29.2. The minimum Gasteiger partial charge on any atom is -0.456 e. The molecule has 1 fully saturated rings. The summed E-state index contributed by atoms with van der Waals surface area (Å²) in [7, 11) is -2.86. The molecule has 210 valence electrons. The van der Waals surface area contributed by atoms with Crippen LogP contribution >= 0.6 is 11.8 Å². The van der Waals surface area contributed by atoms with E-state index in [1.807, 2.05) is 55.6 Å². The maximum atomic E-state index is 13.2. The van der Waals surface area contributed by atoms with Gasteiger partial charge in [0.05, 0.1) is 18.2 Å². The number of rotatable bonds is 9. The quantitative estimate of drug-likeness (QED) is 0.0997. The molecule has 40 heavy (non-hydrogen) atoms. The van der Waals surface area contributed by atoms with Gasteiger partial charge < -0.3 is 13.9 Å². The van der Waals surface area contributed by atoms with E-state index < -0.39 is 38.0 Å². The molecular formula is C31H37N3O4SSi. The second kappa shape index (κ2) is 13.1. The van der Waals surface area contributed by atoms with Crippen LogP contribution in [0, 0.1) is 5.92 Å². The van der Waals surface area contributed by atoms with Crippen molar-refractivity contribution < 1.29 is 18.7 Å². The number of azide groups is 1. The van der Waals surface area contributed by atoms with Crippen molar-refractivity contribution >= 4 is 36.4 Å². The molecule has 0 N–H and O–H groups in total. The zero-order chi connectivity index (χ0) is 28.8. The highest BCUT2D eigenvalue weighted by Gasteiger charge is 2.52. The van der Waals surface area contributed by atoms with Gasteiger partial charge in [-0.25, -0.2) is 4.79 Å². The Bertz CT molecular complexity index is 1260. The third-order valence-corrected chi connectivity index (χ3v) is 13.4. The Kier molecular flexibility index (Phi) is 9.76. The number of esters is 1. The zero-order valence-electron chi connectivity index (χ0n) is 23.6. The molecule has 2 unspecified atom stereocenters. The minimum atomic E-state index is -2.86. The number of nitrogens with zero attached hydrogens (tertiary/aromatic N) is 3. The summed E-state index contributed by atoms with van der Waals surface area (Å²) in [6.45, 7) is 8.82. The van der Waals surface area contributed by atoms with Crippen LogP contribution in [0.15, 0.2) is 96.1 Å². The van der Waals surface area contributed by atoms with Crippen LogP contribution in [0.3, 0.4) is 0 Å². The number of hydrogen-bond donors (Lipinski definition) is 0. The van der Waals surface area contributed by atoms with E-state index in [1.165, 1.54) is 11.8 Å². The molecule has 0 radical (unpaired) electrons. The maximum absolute atomic E-state index is 13.2. The molecule has 3 aromatic rings. The fourth-order valence-corrected chi connectivity index (χ4v) is 11.0. The lowest BCUT2D eigenvalue weighted by molar-refractivity contribution is -0.139. The van der Waals surface area contributed by atoms with Crippen LogP contribution in [0.4, 0.5) is 0 Å². The van der Waals surface area contributed by atoms with E-state index in [0.29, 0.717) is 5.56 Å². The van der Waals surface area contributed by atoms with Gasteiger partial charge in [0.2, 0.25) is 0 Å². The largest absolute Gasteiger partial charge is 0.456 e. The van der Waals surface area contributed by atoms with Crippen molar-refractivity contribution in [2.45, 2.75) is 56.4 Å². The summed E-state index contributed by atoms with van der Waals surface area (Å²) in [5.74, 6) is -0.735. The van der Waals surface area contributed by atoms with Crippen molar-refractivity contribution in [3.63, 3.8) is 0 Å². The molecule has 9 heteroatoms. The molecule has 0 amide bonds. The summed E-state index contributed by atoms with van der Waals surface area (Å²) in [6.07, 6.45) is 0.685. The first kappa shape index (κ1) is 29.9. The summed E-state index contributed by atoms with van der Waals surface area (Å²) in [5, 5.41) is 6.13. The Labute approximate surface area is 242 Å². The molecule has 0 aromatic heterocycles. The van der Waals surface area contributed by atoms with E-state index in [9.17, 15) is 10.3 Å². The molecule has 0 saturated carbocycles. The van der Waals surface area contributed by atoms with Crippen LogP contribution in [0.1, 0.15) is 38.1 Å². The number of benzene rings is 3. The second-order valence-electron chi connectivity index (χ2n) is 11.0. The summed E-state index contributed by atoms with van der Waals surface area (Å²) >= 11 is 1.48. The van der Waals surface area contributed by atoms with E-state index in [-0.39, 0.29) is 17.6 Å². The summed E-state index contributed by atoms with van der Waals surface area (Å²) < 4.78 is 19.8.